The Balaban J connectivity index is 4.43. The number of unbranched alkanes of at least 4 members (excludes halogenated alkanes) is 5. The van der Waals surface area contributed by atoms with E-state index in [-0.39, 0.29) is 18.9 Å². The number of hydrogen-bond donors (Lipinski definition) is 1. The van der Waals surface area contributed by atoms with E-state index in [4.69, 9.17) is 10.5 Å². The number of carbonyl (C=O) groups excluding carboxylic acids is 1. The van der Waals surface area contributed by atoms with E-state index in [0.29, 0.717) is 6.42 Å². The summed E-state index contributed by atoms with van der Waals surface area (Å²) in [5.74, 6) is -2.04. The first-order chi connectivity index (χ1) is 10.2. The summed E-state index contributed by atoms with van der Waals surface area (Å²) < 4.78 is 43.4. The lowest BCUT2D eigenvalue weighted by atomic mass is 9.93. The molecule has 0 aromatic carbocycles. The van der Waals surface area contributed by atoms with Crippen molar-refractivity contribution in [2.24, 2.45) is 17.6 Å². The van der Waals surface area contributed by atoms with Crippen LogP contribution in [0, 0.1) is 11.8 Å². The Morgan fingerprint density at radius 1 is 1.09 bits per heavy atom. The van der Waals surface area contributed by atoms with Crippen molar-refractivity contribution in [3.8, 4) is 0 Å². The molecule has 0 saturated carbocycles. The molecular formula is C16H30F3NO2. The Morgan fingerprint density at radius 3 is 2.14 bits per heavy atom. The summed E-state index contributed by atoms with van der Waals surface area (Å²) in [5.41, 5.74) is 5.24. The number of ether oxygens (including phenoxy) is 1. The molecule has 22 heavy (non-hydrogen) atoms. The van der Waals surface area contributed by atoms with Gasteiger partial charge in [-0.05, 0) is 12.3 Å². The molecule has 6 heteroatoms. The zero-order valence-electron chi connectivity index (χ0n) is 13.9. The average molecular weight is 325 g/mol. The first kappa shape index (κ1) is 21.2. The van der Waals surface area contributed by atoms with Gasteiger partial charge in [-0.15, -0.1) is 0 Å². The number of alkyl halides is 3. The van der Waals surface area contributed by atoms with Crippen LogP contribution in [0.1, 0.15) is 65.7 Å². The van der Waals surface area contributed by atoms with E-state index in [1.807, 2.05) is 13.8 Å². The van der Waals surface area contributed by atoms with Gasteiger partial charge in [0.15, 0.2) is 0 Å². The molecule has 2 N–H and O–H groups in total. The van der Waals surface area contributed by atoms with Gasteiger partial charge in [-0.1, -0.05) is 59.3 Å². The molecule has 3 nitrogen and oxygen atoms in total. The topological polar surface area (TPSA) is 52.3 Å². The summed E-state index contributed by atoms with van der Waals surface area (Å²) in [6, 6.07) is -2.15. The molecule has 0 amide bonds. The molecule has 132 valence electrons. The van der Waals surface area contributed by atoms with Crippen molar-refractivity contribution in [2.75, 3.05) is 6.61 Å². The van der Waals surface area contributed by atoms with Crippen LogP contribution < -0.4 is 5.73 Å². The van der Waals surface area contributed by atoms with Crippen molar-refractivity contribution in [1.82, 2.24) is 0 Å². The van der Waals surface area contributed by atoms with Gasteiger partial charge in [0, 0.05) is 0 Å². The third-order valence-electron chi connectivity index (χ3n) is 3.54. The van der Waals surface area contributed by atoms with Crippen LogP contribution >= 0.6 is 0 Å². The van der Waals surface area contributed by atoms with Gasteiger partial charge in [0.25, 0.3) is 0 Å². The maximum Gasteiger partial charge on any atom is 0.404 e. The normalized spacial score (nSPS) is 14.9. The summed E-state index contributed by atoms with van der Waals surface area (Å²) in [5, 5.41) is 0. The van der Waals surface area contributed by atoms with E-state index in [9.17, 15) is 18.0 Å². The Morgan fingerprint density at radius 2 is 1.64 bits per heavy atom. The molecule has 0 aliphatic heterocycles. The Hall–Kier alpha value is -0.780. The highest BCUT2D eigenvalue weighted by atomic mass is 19.4. The molecule has 0 aliphatic carbocycles. The third-order valence-corrected chi connectivity index (χ3v) is 3.54. The highest BCUT2D eigenvalue weighted by molar-refractivity contribution is 5.73. The van der Waals surface area contributed by atoms with Crippen LogP contribution in [0.3, 0.4) is 0 Å². The Labute approximate surface area is 131 Å². The van der Waals surface area contributed by atoms with E-state index in [1.54, 1.807) is 0 Å². The molecule has 0 spiro atoms. The largest absolute Gasteiger partial charge is 0.465 e. The van der Waals surface area contributed by atoms with Crippen molar-refractivity contribution in [3.63, 3.8) is 0 Å². The summed E-state index contributed by atoms with van der Waals surface area (Å²) in [4.78, 5) is 11.9. The lowest BCUT2D eigenvalue weighted by Gasteiger charge is -2.24. The van der Waals surface area contributed by atoms with Gasteiger partial charge in [0.2, 0.25) is 0 Å². The zero-order valence-corrected chi connectivity index (χ0v) is 13.9. The summed E-state index contributed by atoms with van der Waals surface area (Å²) in [6.45, 7) is 5.89. The lowest BCUT2D eigenvalue weighted by Crippen LogP contribution is -2.47. The van der Waals surface area contributed by atoms with Crippen LogP contribution in [-0.2, 0) is 9.53 Å². The van der Waals surface area contributed by atoms with Crippen molar-refractivity contribution in [1.29, 1.82) is 0 Å². The number of rotatable bonds is 11. The Bertz CT molecular complexity index is 306. The quantitative estimate of drug-likeness (QED) is 0.451. The van der Waals surface area contributed by atoms with Gasteiger partial charge in [0.05, 0.1) is 12.5 Å². The van der Waals surface area contributed by atoms with Gasteiger partial charge < -0.3 is 10.5 Å². The second-order valence-corrected chi connectivity index (χ2v) is 6.25. The molecule has 0 unspecified atom stereocenters. The van der Waals surface area contributed by atoms with Crippen LogP contribution in [0.15, 0.2) is 0 Å². The Kier molecular flexibility index (Phi) is 10.5. The first-order valence-electron chi connectivity index (χ1n) is 8.19. The summed E-state index contributed by atoms with van der Waals surface area (Å²) in [6.07, 6.45) is 1.22. The van der Waals surface area contributed by atoms with Gasteiger partial charge in [-0.25, -0.2) is 0 Å². The molecule has 0 aliphatic rings. The number of hydrogen-bond acceptors (Lipinski definition) is 3. The predicted molar refractivity (Wildman–Crippen MR) is 81.3 cm³/mol. The second-order valence-electron chi connectivity index (χ2n) is 6.25. The van der Waals surface area contributed by atoms with E-state index >= 15 is 0 Å². The molecule has 0 heterocycles. The maximum atomic E-state index is 12.8. The van der Waals surface area contributed by atoms with Crippen molar-refractivity contribution in [2.45, 2.75) is 77.9 Å². The monoisotopic (exact) mass is 325 g/mol. The third kappa shape index (κ3) is 9.28. The van der Waals surface area contributed by atoms with E-state index < -0.39 is 24.1 Å². The SMILES string of the molecule is CCCCCCCC[C@@H](C(=O)OCC(C)C)[C@@H](N)C(F)(F)F. The number of esters is 1. The zero-order chi connectivity index (χ0) is 17.2. The highest BCUT2D eigenvalue weighted by Crippen LogP contribution is 2.28. The van der Waals surface area contributed by atoms with Crippen molar-refractivity contribution in [3.05, 3.63) is 0 Å². The highest BCUT2D eigenvalue weighted by Gasteiger charge is 2.45. The number of carbonyl (C=O) groups is 1. The first-order valence-corrected chi connectivity index (χ1v) is 8.19. The molecule has 0 bridgehead atoms. The van der Waals surface area contributed by atoms with Crippen LogP contribution in [0.5, 0.6) is 0 Å². The van der Waals surface area contributed by atoms with Crippen LogP contribution in [0.2, 0.25) is 0 Å². The number of halogens is 3. The van der Waals surface area contributed by atoms with Gasteiger partial charge >= 0.3 is 12.1 Å². The summed E-state index contributed by atoms with van der Waals surface area (Å²) >= 11 is 0. The molecule has 2 atom stereocenters. The maximum absolute atomic E-state index is 12.8. The fraction of sp³-hybridized carbons (Fsp3) is 0.938. The average Bonchev–Trinajstić information content (AvgIpc) is 2.42. The smallest absolute Gasteiger partial charge is 0.404 e. The molecule has 0 aromatic rings. The molecule has 0 fully saturated rings. The van der Waals surface area contributed by atoms with Gasteiger partial charge in [-0.3, -0.25) is 4.79 Å². The van der Waals surface area contributed by atoms with Crippen LogP contribution in [0.25, 0.3) is 0 Å². The van der Waals surface area contributed by atoms with Gasteiger partial charge in [-0.2, -0.15) is 13.2 Å². The molecule has 0 saturated heterocycles. The van der Waals surface area contributed by atoms with Crippen molar-refractivity contribution < 1.29 is 22.7 Å². The van der Waals surface area contributed by atoms with E-state index in [1.165, 1.54) is 0 Å². The number of nitrogens with two attached hydrogens (primary N) is 1. The molecule has 0 radical (unpaired) electrons. The predicted octanol–water partition coefficient (Wildman–Crippen LogP) is 4.44. The molecule has 0 aromatic heterocycles. The lowest BCUT2D eigenvalue weighted by molar-refractivity contribution is -0.177. The van der Waals surface area contributed by atoms with Crippen LogP contribution in [-0.4, -0.2) is 24.8 Å². The fourth-order valence-corrected chi connectivity index (χ4v) is 2.17. The minimum absolute atomic E-state index is 0.0840. The van der Waals surface area contributed by atoms with Crippen LogP contribution in [0.4, 0.5) is 13.2 Å². The van der Waals surface area contributed by atoms with E-state index in [0.717, 1.165) is 32.1 Å². The second kappa shape index (κ2) is 10.9. The van der Waals surface area contributed by atoms with Gasteiger partial charge in [0.1, 0.15) is 6.04 Å². The standard InChI is InChI=1S/C16H30F3NO2/c1-4-5-6-7-8-9-10-13(14(20)16(17,18)19)15(21)22-11-12(2)3/h12-14H,4-11,20H2,1-3H3/t13-,14-/m1/s1. The minimum Gasteiger partial charge on any atom is -0.465 e. The van der Waals surface area contributed by atoms with E-state index in [2.05, 4.69) is 6.92 Å². The molecular weight excluding hydrogens is 295 g/mol. The van der Waals surface area contributed by atoms with Crippen molar-refractivity contribution >= 4 is 5.97 Å². The summed E-state index contributed by atoms with van der Waals surface area (Å²) in [7, 11) is 0. The fourth-order valence-electron chi connectivity index (χ4n) is 2.17. The molecule has 0 rings (SSSR count). The minimum atomic E-state index is -4.58.